The van der Waals surface area contributed by atoms with Crippen LogP contribution in [-0.2, 0) is 10.3 Å². The summed E-state index contributed by atoms with van der Waals surface area (Å²) in [5.41, 5.74) is 2.19. The third kappa shape index (κ3) is 3.98. The van der Waals surface area contributed by atoms with Crippen LogP contribution in [0.2, 0.25) is 0 Å². The molecule has 156 valence electrons. The Morgan fingerprint density at radius 2 is 1.80 bits per heavy atom. The lowest BCUT2D eigenvalue weighted by Crippen LogP contribution is -2.48. The SMILES string of the molecule is C[C@@H](c1ccc(-c2ccc(F)cc2)cc1)N1CC[C@](CCO)(c2cccs2)OC1=O. The van der Waals surface area contributed by atoms with E-state index in [1.54, 1.807) is 28.4 Å². The topological polar surface area (TPSA) is 49.8 Å². The van der Waals surface area contributed by atoms with Gasteiger partial charge in [-0.3, -0.25) is 0 Å². The zero-order valence-corrected chi connectivity index (χ0v) is 17.6. The fourth-order valence-electron chi connectivity index (χ4n) is 3.99. The van der Waals surface area contributed by atoms with E-state index in [1.807, 2.05) is 48.7 Å². The average Bonchev–Trinajstić information content (AvgIpc) is 3.30. The second-order valence-electron chi connectivity index (χ2n) is 7.56. The molecule has 2 aromatic carbocycles. The van der Waals surface area contributed by atoms with Gasteiger partial charge in [0.1, 0.15) is 5.82 Å². The van der Waals surface area contributed by atoms with Gasteiger partial charge >= 0.3 is 6.09 Å². The van der Waals surface area contributed by atoms with Crippen LogP contribution in [0.1, 0.15) is 36.2 Å². The molecule has 0 unspecified atom stereocenters. The minimum atomic E-state index is -0.747. The molecule has 1 saturated heterocycles. The molecule has 2 atom stereocenters. The highest BCUT2D eigenvalue weighted by Gasteiger charge is 2.43. The second kappa shape index (κ2) is 8.58. The molecule has 4 rings (SSSR count). The standard InChI is InChI=1S/C24H24FNO3S/c1-17(18-4-6-19(7-5-18)20-8-10-21(25)11-9-20)26-14-12-24(13-15-27,29-23(26)28)22-3-2-16-30-22/h2-11,16-17,27H,12-15H2,1H3/t17-,24-/m0/s1. The quantitative estimate of drug-likeness (QED) is 0.548. The van der Waals surface area contributed by atoms with Gasteiger partial charge in [0.2, 0.25) is 0 Å². The van der Waals surface area contributed by atoms with Crippen LogP contribution in [0, 0.1) is 5.82 Å². The number of benzene rings is 2. The highest BCUT2D eigenvalue weighted by Crippen LogP contribution is 2.41. The predicted molar refractivity (Wildman–Crippen MR) is 116 cm³/mol. The Labute approximate surface area is 179 Å². The number of cyclic esters (lactones) is 1. The van der Waals surface area contributed by atoms with Crippen LogP contribution >= 0.6 is 11.3 Å². The molecule has 6 heteroatoms. The molecule has 1 fully saturated rings. The molecule has 1 aromatic heterocycles. The third-order valence-electron chi connectivity index (χ3n) is 5.80. The van der Waals surface area contributed by atoms with Crippen molar-refractivity contribution in [3.05, 3.63) is 82.3 Å². The Morgan fingerprint density at radius 3 is 2.37 bits per heavy atom. The molecule has 0 spiro atoms. The molecular weight excluding hydrogens is 401 g/mol. The van der Waals surface area contributed by atoms with Gasteiger partial charge in [-0.2, -0.15) is 0 Å². The molecule has 0 bridgehead atoms. The molecule has 4 nitrogen and oxygen atoms in total. The summed E-state index contributed by atoms with van der Waals surface area (Å²) in [5.74, 6) is -0.257. The molecule has 2 heterocycles. The van der Waals surface area contributed by atoms with Gasteiger partial charge in [0.25, 0.3) is 0 Å². The van der Waals surface area contributed by atoms with Gasteiger partial charge in [-0.15, -0.1) is 11.3 Å². The normalized spacial score (nSPS) is 20.1. The molecule has 0 aliphatic carbocycles. The van der Waals surface area contributed by atoms with Crippen LogP contribution in [0.5, 0.6) is 0 Å². The van der Waals surface area contributed by atoms with E-state index in [9.17, 15) is 14.3 Å². The number of carbonyl (C=O) groups is 1. The number of hydrogen-bond donors (Lipinski definition) is 1. The third-order valence-corrected chi connectivity index (χ3v) is 6.85. The van der Waals surface area contributed by atoms with E-state index in [0.29, 0.717) is 19.4 Å². The average molecular weight is 426 g/mol. The highest BCUT2D eigenvalue weighted by atomic mass is 32.1. The van der Waals surface area contributed by atoms with Crippen LogP contribution in [0.25, 0.3) is 11.1 Å². The minimum Gasteiger partial charge on any atom is -0.437 e. The first-order valence-electron chi connectivity index (χ1n) is 10.0. The number of rotatable bonds is 6. The molecule has 3 aromatic rings. The number of thiophene rings is 1. The molecule has 1 aliphatic heterocycles. The van der Waals surface area contributed by atoms with Crippen LogP contribution in [0.4, 0.5) is 9.18 Å². The van der Waals surface area contributed by atoms with Crippen molar-refractivity contribution in [2.24, 2.45) is 0 Å². The first kappa shape index (κ1) is 20.6. The highest BCUT2D eigenvalue weighted by molar-refractivity contribution is 7.10. The number of aliphatic hydroxyl groups excluding tert-OH is 1. The molecule has 0 saturated carbocycles. The van der Waals surface area contributed by atoms with Crippen molar-refractivity contribution in [2.45, 2.75) is 31.4 Å². The van der Waals surface area contributed by atoms with Crippen molar-refractivity contribution in [3.63, 3.8) is 0 Å². The largest absolute Gasteiger partial charge is 0.437 e. The number of aliphatic hydroxyl groups is 1. The van der Waals surface area contributed by atoms with E-state index in [-0.39, 0.29) is 24.6 Å². The summed E-state index contributed by atoms with van der Waals surface area (Å²) < 4.78 is 19.1. The lowest BCUT2D eigenvalue weighted by Gasteiger charge is -2.42. The van der Waals surface area contributed by atoms with Gasteiger partial charge in [-0.1, -0.05) is 42.5 Å². The lowest BCUT2D eigenvalue weighted by atomic mass is 9.91. The number of amides is 1. The molecular formula is C24H24FNO3S. The van der Waals surface area contributed by atoms with Crippen molar-refractivity contribution in [1.29, 1.82) is 0 Å². The number of carbonyl (C=O) groups excluding carboxylic acids is 1. The first-order chi connectivity index (χ1) is 14.5. The van der Waals surface area contributed by atoms with Crippen molar-refractivity contribution < 1.29 is 19.0 Å². The maximum atomic E-state index is 13.1. The summed E-state index contributed by atoms with van der Waals surface area (Å²) in [7, 11) is 0. The number of ether oxygens (including phenoxy) is 1. The maximum absolute atomic E-state index is 13.1. The Morgan fingerprint density at radius 1 is 1.13 bits per heavy atom. The maximum Gasteiger partial charge on any atom is 0.411 e. The van der Waals surface area contributed by atoms with E-state index in [2.05, 4.69) is 0 Å². The van der Waals surface area contributed by atoms with Crippen LogP contribution < -0.4 is 0 Å². The van der Waals surface area contributed by atoms with Crippen LogP contribution in [-0.4, -0.2) is 29.3 Å². The number of nitrogens with zero attached hydrogens (tertiary/aromatic N) is 1. The monoisotopic (exact) mass is 425 g/mol. The second-order valence-corrected chi connectivity index (χ2v) is 8.51. The van der Waals surface area contributed by atoms with Crippen molar-refractivity contribution in [3.8, 4) is 11.1 Å². The van der Waals surface area contributed by atoms with Gasteiger partial charge in [-0.05, 0) is 47.2 Å². The van der Waals surface area contributed by atoms with E-state index in [4.69, 9.17) is 4.74 Å². The Balaban J connectivity index is 1.49. The van der Waals surface area contributed by atoms with E-state index in [0.717, 1.165) is 21.6 Å². The Hall–Kier alpha value is -2.70. The lowest BCUT2D eigenvalue weighted by molar-refractivity contribution is -0.0697. The molecule has 1 aliphatic rings. The summed E-state index contributed by atoms with van der Waals surface area (Å²) in [4.78, 5) is 15.6. The molecule has 1 amide bonds. The molecule has 1 N–H and O–H groups in total. The Bertz CT molecular complexity index is 988. The van der Waals surface area contributed by atoms with E-state index >= 15 is 0 Å². The molecule has 30 heavy (non-hydrogen) atoms. The zero-order valence-electron chi connectivity index (χ0n) is 16.8. The van der Waals surface area contributed by atoms with Gasteiger partial charge < -0.3 is 14.7 Å². The number of hydrogen-bond acceptors (Lipinski definition) is 4. The fraction of sp³-hybridized carbons (Fsp3) is 0.292. The summed E-state index contributed by atoms with van der Waals surface area (Å²) in [5, 5.41) is 11.5. The summed E-state index contributed by atoms with van der Waals surface area (Å²) in [6.45, 7) is 2.50. The van der Waals surface area contributed by atoms with Crippen LogP contribution in [0.3, 0.4) is 0 Å². The van der Waals surface area contributed by atoms with Gasteiger partial charge in [0.05, 0.1) is 6.04 Å². The molecule has 0 radical (unpaired) electrons. The van der Waals surface area contributed by atoms with Gasteiger partial charge in [-0.25, -0.2) is 9.18 Å². The van der Waals surface area contributed by atoms with Crippen LogP contribution in [0.15, 0.2) is 66.0 Å². The van der Waals surface area contributed by atoms with E-state index < -0.39 is 5.60 Å². The smallest absolute Gasteiger partial charge is 0.411 e. The van der Waals surface area contributed by atoms with Crippen molar-refractivity contribution >= 4 is 17.4 Å². The summed E-state index contributed by atoms with van der Waals surface area (Å²) in [6, 6.07) is 18.1. The summed E-state index contributed by atoms with van der Waals surface area (Å²) >= 11 is 1.55. The van der Waals surface area contributed by atoms with Gasteiger partial charge in [0, 0.05) is 30.9 Å². The van der Waals surface area contributed by atoms with Crippen molar-refractivity contribution in [1.82, 2.24) is 4.90 Å². The summed E-state index contributed by atoms with van der Waals surface area (Å²) in [6.07, 6.45) is 0.671. The van der Waals surface area contributed by atoms with Gasteiger partial charge in [0.15, 0.2) is 5.60 Å². The fourth-order valence-corrected chi connectivity index (χ4v) is 4.91. The number of halogens is 1. The minimum absolute atomic E-state index is 0.0361. The van der Waals surface area contributed by atoms with Crippen molar-refractivity contribution in [2.75, 3.05) is 13.2 Å². The Kier molecular flexibility index (Phi) is 5.88. The zero-order chi connectivity index (χ0) is 21.1. The van der Waals surface area contributed by atoms with E-state index in [1.165, 1.54) is 12.1 Å². The first-order valence-corrected chi connectivity index (χ1v) is 10.9. The predicted octanol–water partition coefficient (Wildman–Crippen LogP) is 5.74.